The standard InChI is InChI=1S/C22H38O2/c1-2-3-4-5-6-7-8-9-10-11-12-13-14-15-16-17-18-19-20-21-22(23)24/h7-8,18-21H,2-6,9-17H2,1H3,(H,23,24). The molecule has 0 heterocycles. The summed E-state index contributed by atoms with van der Waals surface area (Å²) in [6.45, 7) is 2.26. The summed E-state index contributed by atoms with van der Waals surface area (Å²) in [4.78, 5) is 10.3. The number of allylic oxidation sites excluding steroid dienone is 5. The minimum absolute atomic E-state index is 0.887. The Hall–Kier alpha value is -1.31. The van der Waals surface area contributed by atoms with Gasteiger partial charge >= 0.3 is 5.97 Å². The number of rotatable bonds is 17. The van der Waals surface area contributed by atoms with E-state index < -0.39 is 5.97 Å². The van der Waals surface area contributed by atoms with Crippen molar-refractivity contribution in [1.29, 1.82) is 0 Å². The van der Waals surface area contributed by atoms with Gasteiger partial charge in [0.05, 0.1) is 0 Å². The lowest BCUT2D eigenvalue weighted by atomic mass is 10.1. The van der Waals surface area contributed by atoms with Crippen molar-refractivity contribution in [2.24, 2.45) is 0 Å². The first-order chi connectivity index (χ1) is 11.8. The van der Waals surface area contributed by atoms with E-state index in [0.717, 1.165) is 12.5 Å². The molecule has 0 spiro atoms. The highest BCUT2D eigenvalue weighted by molar-refractivity contribution is 5.80. The van der Waals surface area contributed by atoms with Crippen molar-refractivity contribution in [3.05, 3.63) is 36.5 Å². The molecule has 138 valence electrons. The van der Waals surface area contributed by atoms with Gasteiger partial charge in [0.15, 0.2) is 0 Å². The Kier molecular flexibility index (Phi) is 18.7. The van der Waals surface area contributed by atoms with Gasteiger partial charge in [-0.3, -0.25) is 0 Å². The van der Waals surface area contributed by atoms with E-state index in [1.165, 1.54) is 83.5 Å². The van der Waals surface area contributed by atoms with Crippen LogP contribution in [-0.2, 0) is 4.79 Å². The molecule has 0 aliphatic carbocycles. The maximum absolute atomic E-state index is 10.3. The summed E-state index contributed by atoms with van der Waals surface area (Å²) in [6, 6.07) is 0. The molecule has 0 bridgehead atoms. The average Bonchev–Trinajstić information content (AvgIpc) is 2.56. The monoisotopic (exact) mass is 334 g/mol. The molecule has 2 nitrogen and oxygen atoms in total. The molecular formula is C22H38O2. The molecule has 24 heavy (non-hydrogen) atoms. The highest BCUT2D eigenvalue weighted by Gasteiger charge is 1.91. The highest BCUT2D eigenvalue weighted by Crippen LogP contribution is 2.10. The Morgan fingerprint density at radius 2 is 1.12 bits per heavy atom. The van der Waals surface area contributed by atoms with Crippen LogP contribution in [0, 0.1) is 0 Å². The molecule has 1 N–H and O–H groups in total. The molecule has 0 atom stereocenters. The zero-order valence-electron chi connectivity index (χ0n) is 15.7. The molecular weight excluding hydrogens is 296 g/mol. The van der Waals surface area contributed by atoms with Gasteiger partial charge in [0.1, 0.15) is 0 Å². The van der Waals surface area contributed by atoms with Crippen LogP contribution in [0.3, 0.4) is 0 Å². The van der Waals surface area contributed by atoms with Crippen molar-refractivity contribution in [2.45, 2.75) is 96.8 Å². The second kappa shape index (κ2) is 19.7. The van der Waals surface area contributed by atoms with Crippen molar-refractivity contribution in [1.82, 2.24) is 0 Å². The van der Waals surface area contributed by atoms with Crippen LogP contribution in [0.15, 0.2) is 36.5 Å². The van der Waals surface area contributed by atoms with Crippen LogP contribution in [-0.4, -0.2) is 11.1 Å². The van der Waals surface area contributed by atoms with Gasteiger partial charge in [0.2, 0.25) is 0 Å². The van der Waals surface area contributed by atoms with Crippen molar-refractivity contribution in [3.63, 3.8) is 0 Å². The number of carbonyl (C=O) groups is 1. The lowest BCUT2D eigenvalue weighted by molar-refractivity contribution is -0.131. The van der Waals surface area contributed by atoms with Crippen LogP contribution < -0.4 is 0 Å². The second-order valence-electron chi connectivity index (χ2n) is 6.50. The van der Waals surface area contributed by atoms with Crippen molar-refractivity contribution in [3.8, 4) is 0 Å². The molecule has 0 aliphatic heterocycles. The molecule has 0 saturated carbocycles. The fourth-order valence-corrected chi connectivity index (χ4v) is 2.65. The van der Waals surface area contributed by atoms with Gasteiger partial charge in [-0.05, 0) is 38.5 Å². The smallest absolute Gasteiger partial charge is 0.328 e. The third-order valence-corrected chi connectivity index (χ3v) is 4.12. The Morgan fingerprint density at radius 3 is 1.62 bits per heavy atom. The van der Waals surface area contributed by atoms with Gasteiger partial charge in [0, 0.05) is 6.08 Å². The van der Waals surface area contributed by atoms with E-state index in [4.69, 9.17) is 5.11 Å². The average molecular weight is 335 g/mol. The van der Waals surface area contributed by atoms with Gasteiger partial charge in [-0.1, -0.05) is 88.7 Å². The number of hydrogen-bond acceptors (Lipinski definition) is 1. The predicted octanol–water partition coefficient (Wildman–Crippen LogP) is 7.22. The van der Waals surface area contributed by atoms with E-state index in [9.17, 15) is 4.79 Å². The molecule has 0 rings (SSSR count). The van der Waals surface area contributed by atoms with Crippen LogP contribution >= 0.6 is 0 Å². The summed E-state index contributed by atoms with van der Waals surface area (Å²) in [5.74, 6) is -0.887. The van der Waals surface area contributed by atoms with Crippen LogP contribution in [0.25, 0.3) is 0 Å². The minimum Gasteiger partial charge on any atom is -0.478 e. The van der Waals surface area contributed by atoms with Crippen LogP contribution in [0.4, 0.5) is 0 Å². The molecule has 0 saturated heterocycles. The van der Waals surface area contributed by atoms with Gasteiger partial charge < -0.3 is 5.11 Å². The Bertz CT molecular complexity index is 353. The van der Waals surface area contributed by atoms with Gasteiger partial charge in [-0.15, -0.1) is 0 Å². The largest absolute Gasteiger partial charge is 0.478 e. The Labute approximate surface area is 149 Å². The molecule has 0 aromatic rings. The molecule has 0 fully saturated rings. The minimum atomic E-state index is -0.887. The fourth-order valence-electron chi connectivity index (χ4n) is 2.65. The van der Waals surface area contributed by atoms with E-state index in [2.05, 4.69) is 19.1 Å². The number of aliphatic carboxylic acids is 1. The Morgan fingerprint density at radius 1 is 0.667 bits per heavy atom. The molecule has 0 unspecified atom stereocenters. The quantitative estimate of drug-likeness (QED) is 0.132. The van der Waals surface area contributed by atoms with Crippen molar-refractivity contribution >= 4 is 5.97 Å². The number of unbranched alkanes of at least 4 members (excludes halogenated alkanes) is 12. The normalized spacial score (nSPS) is 12.0. The van der Waals surface area contributed by atoms with Gasteiger partial charge in [-0.2, -0.15) is 0 Å². The molecule has 2 heteroatoms. The summed E-state index contributed by atoms with van der Waals surface area (Å²) >= 11 is 0. The van der Waals surface area contributed by atoms with Crippen molar-refractivity contribution < 1.29 is 9.90 Å². The lowest BCUT2D eigenvalue weighted by Gasteiger charge is -2.00. The summed E-state index contributed by atoms with van der Waals surface area (Å²) in [6.07, 6.45) is 29.6. The number of hydrogen-bond donors (Lipinski definition) is 1. The summed E-state index contributed by atoms with van der Waals surface area (Å²) in [5, 5.41) is 8.43. The molecule has 0 aromatic carbocycles. The SMILES string of the molecule is CCCCCCC=CCCCCCCCCCC=CC=CC(=O)O. The van der Waals surface area contributed by atoms with Crippen LogP contribution in [0.2, 0.25) is 0 Å². The molecule has 0 aliphatic rings. The summed E-state index contributed by atoms with van der Waals surface area (Å²) < 4.78 is 0. The molecule has 0 amide bonds. The first-order valence-electron chi connectivity index (χ1n) is 9.98. The van der Waals surface area contributed by atoms with Crippen molar-refractivity contribution in [2.75, 3.05) is 0 Å². The first-order valence-corrected chi connectivity index (χ1v) is 9.98. The number of carboxylic acids is 1. The Balaban J connectivity index is 3.17. The lowest BCUT2D eigenvalue weighted by Crippen LogP contribution is -1.84. The third kappa shape index (κ3) is 20.7. The maximum atomic E-state index is 10.3. The fraction of sp³-hybridized carbons (Fsp3) is 0.682. The highest BCUT2D eigenvalue weighted by atomic mass is 16.4. The van der Waals surface area contributed by atoms with Crippen LogP contribution in [0.5, 0.6) is 0 Å². The second-order valence-corrected chi connectivity index (χ2v) is 6.50. The molecule has 0 radical (unpaired) electrons. The first kappa shape index (κ1) is 22.7. The number of carboxylic acid groups (broad SMARTS) is 1. The third-order valence-electron chi connectivity index (χ3n) is 4.12. The van der Waals surface area contributed by atoms with E-state index >= 15 is 0 Å². The summed E-state index contributed by atoms with van der Waals surface area (Å²) in [7, 11) is 0. The van der Waals surface area contributed by atoms with Gasteiger partial charge in [0.25, 0.3) is 0 Å². The topological polar surface area (TPSA) is 37.3 Å². The van der Waals surface area contributed by atoms with E-state index in [1.807, 2.05) is 12.2 Å². The zero-order valence-corrected chi connectivity index (χ0v) is 15.7. The maximum Gasteiger partial charge on any atom is 0.328 e. The van der Waals surface area contributed by atoms with E-state index in [0.29, 0.717) is 0 Å². The zero-order chi connectivity index (χ0) is 17.7. The molecule has 0 aromatic heterocycles. The van der Waals surface area contributed by atoms with Crippen LogP contribution in [0.1, 0.15) is 96.8 Å². The summed E-state index contributed by atoms with van der Waals surface area (Å²) in [5.41, 5.74) is 0. The van der Waals surface area contributed by atoms with E-state index in [1.54, 1.807) is 6.08 Å². The predicted molar refractivity (Wildman–Crippen MR) is 105 cm³/mol. The van der Waals surface area contributed by atoms with Gasteiger partial charge in [-0.25, -0.2) is 4.79 Å². The van der Waals surface area contributed by atoms with E-state index in [-0.39, 0.29) is 0 Å².